The summed E-state index contributed by atoms with van der Waals surface area (Å²) in [6.45, 7) is 5.92. The maximum Gasteiger partial charge on any atom is 0.237 e. The van der Waals surface area contributed by atoms with Gasteiger partial charge in [0, 0.05) is 36.1 Å². The summed E-state index contributed by atoms with van der Waals surface area (Å²) in [6.07, 6.45) is 1.73. The number of rotatable bonds is 5. The van der Waals surface area contributed by atoms with E-state index < -0.39 is 0 Å². The summed E-state index contributed by atoms with van der Waals surface area (Å²) >= 11 is 7.39. The van der Waals surface area contributed by atoms with Gasteiger partial charge >= 0.3 is 0 Å². The molecule has 1 atom stereocenters. The Kier molecular flexibility index (Phi) is 6.40. The summed E-state index contributed by atoms with van der Waals surface area (Å²) in [5, 5.41) is 3.41. The quantitative estimate of drug-likeness (QED) is 0.790. The predicted octanol–water partition coefficient (Wildman–Crippen LogP) is 3.61. The molecular formula is C19H23ClN4OS. The number of carbonyl (C=O) groups excluding carboxylic acids is 1. The van der Waals surface area contributed by atoms with E-state index in [0.717, 1.165) is 42.6 Å². The highest BCUT2D eigenvalue weighted by Gasteiger charge is 2.17. The zero-order valence-corrected chi connectivity index (χ0v) is 16.6. The second-order valence-corrected chi connectivity index (χ2v) is 8.25. The first-order valence-corrected chi connectivity index (χ1v) is 9.89. The van der Waals surface area contributed by atoms with Gasteiger partial charge in [-0.15, -0.1) is 11.8 Å². The van der Waals surface area contributed by atoms with Crippen LogP contribution in [0.1, 0.15) is 6.92 Å². The lowest BCUT2D eigenvalue weighted by molar-refractivity contribution is -0.115. The molecule has 138 valence electrons. The van der Waals surface area contributed by atoms with E-state index >= 15 is 0 Å². The Balaban J connectivity index is 1.54. The molecule has 7 heteroatoms. The summed E-state index contributed by atoms with van der Waals surface area (Å²) in [7, 11) is 2.13. The lowest BCUT2D eigenvalue weighted by Gasteiger charge is -2.33. The number of nitrogens with one attached hydrogen (secondary N) is 1. The molecule has 1 unspecified atom stereocenters. The molecule has 3 rings (SSSR count). The van der Waals surface area contributed by atoms with Crippen LogP contribution in [0.15, 0.2) is 47.5 Å². The van der Waals surface area contributed by atoms with E-state index in [0.29, 0.717) is 5.02 Å². The van der Waals surface area contributed by atoms with E-state index in [1.54, 1.807) is 6.20 Å². The third-order valence-corrected chi connectivity index (χ3v) is 5.70. The van der Waals surface area contributed by atoms with Crippen LogP contribution in [0.25, 0.3) is 0 Å². The summed E-state index contributed by atoms with van der Waals surface area (Å²) in [6, 6.07) is 11.4. The van der Waals surface area contributed by atoms with Crippen molar-refractivity contribution in [2.75, 3.05) is 43.4 Å². The van der Waals surface area contributed by atoms with Crippen molar-refractivity contribution in [2.45, 2.75) is 17.1 Å². The molecule has 26 heavy (non-hydrogen) atoms. The Morgan fingerprint density at radius 1 is 1.15 bits per heavy atom. The van der Waals surface area contributed by atoms with Crippen LogP contribution in [-0.4, -0.2) is 54.3 Å². The lowest BCUT2D eigenvalue weighted by atomic mass is 10.3. The summed E-state index contributed by atoms with van der Waals surface area (Å²) in [5.41, 5.74) is 0.719. The molecule has 1 fully saturated rings. The number of piperazine rings is 1. The highest BCUT2D eigenvalue weighted by molar-refractivity contribution is 8.00. The van der Waals surface area contributed by atoms with Crippen molar-refractivity contribution in [3.63, 3.8) is 0 Å². The first-order valence-electron chi connectivity index (χ1n) is 8.64. The fraction of sp³-hybridized carbons (Fsp3) is 0.368. The van der Waals surface area contributed by atoms with Crippen molar-refractivity contribution in [3.8, 4) is 0 Å². The summed E-state index contributed by atoms with van der Waals surface area (Å²) < 4.78 is 0. The van der Waals surface area contributed by atoms with E-state index in [1.807, 2.05) is 43.3 Å². The Labute approximate surface area is 163 Å². The lowest BCUT2D eigenvalue weighted by Crippen LogP contribution is -2.44. The number of nitrogens with zero attached hydrogens (tertiary/aromatic N) is 3. The van der Waals surface area contributed by atoms with Gasteiger partial charge in [-0.05, 0) is 50.4 Å². The number of hydrogen-bond acceptors (Lipinski definition) is 5. The third kappa shape index (κ3) is 5.13. The topological polar surface area (TPSA) is 48.5 Å². The largest absolute Gasteiger partial charge is 0.354 e. The standard InChI is InChI=1S/C19H23ClN4OS/c1-14(26-17-6-3-15(20)4-7-17)19(25)22-16-5-8-18(21-13-16)24-11-9-23(2)10-12-24/h3-8,13-14H,9-12H2,1-2H3,(H,22,25). The number of likely N-dealkylation sites (N-methyl/N-ethyl adjacent to an activating group) is 1. The van der Waals surface area contributed by atoms with Gasteiger partial charge in [-0.25, -0.2) is 4.98 Å². The zero-order valence-electron chi connectivity index (χ0n) is 15.0. The molecule has 2 aromatic rings. The smallest absolute Gasteiger partial charge is 0.237 e. The molecule has 0 saturated carbocycles. The van der Waals surface area contributed by atoms with Crippen molar-refractivity contribution in [2.24, 2.45) is 0 Å². The number of halogens is 1. The first kappa shape index (κ1) is 19.0. The van der Waals surface area contributed by atoms with Crippen molar-refractivity contribution in [3.05, 3.63) is 47.6 Å². The molecular weight excluding hydrogens is 368 g/mol. The Morgan fingerprint density at radius 2 is 1.85 bits per heavy atom. The summed E-state index contributed by atoms with van der Waals surface area (Å²) in [5.74, 6) is 0.916. The highest BCUT2D eigenvalue weighted by atomic mass is 35.5. The molecule has 5 nitrogen and oxygen atoms in total. The van der Waals surface area contributed by atoms with Crippen LogP contribution < -0.4 is 10.2 Å². The van der Waals surface area contributed by atoms with Gasteiger partial charge in [0.1, 0.15) is 5.82 Å². The van der Waals surface area contributed by atoms with Crippen LogP contribution in [0.4, 0.5) is 11.5 Å². The van der Waals surface area contributed by atoms with Gasteiger partial charge in [0.25, 0.3) is 0 Å². The molecule has 1 aliphatic heterocycles. The molecule has 0 radical (unpaired) electrons. The molecule has 0 spiro atoms. The van der Waals surface area contributed by atoms with Crippen molar-refractivity contribution in [1.82, 2.24) is 9.88 Å². The molecule has 0 aliphatic carbocycles. The minimum atomic E-state index is -0.214. The minimum absolute atomic E-state index is 0.0425. The van der Waals surface area contributed by atoms with Crippen LogP contribution in [0.2, 0.25) is 5.02 Å². The van der Waals surface area contributed by atoms with Crippen LogP contribution in [0.5, 0.6) is 0 Å². The molecule has 2 heterocycles. The highest BCUT2D eigenvalue weighted by Crippen LogP contribution is 2.25. The molecule has 1 amide bonds. The van der Waals surface area contributed by atoms with Gasteiger partial charge in [-0.1, -0.05) is 11.6 Å². The van der Waals surface area contributed by atoms with Crippen molar-refractivity contribution >= 4 is 40.8 Å². The second-order valence-electron chi connectivity index (χ2n) is 6.40. The molecule has 1 aromatic carbocycles. The van der Waals surface area contributed by atoms with Crippen molar-refractivity contribution < 1.29 is 4.79 Å². The van der Waals surface area contributed by atoms with Crippen LogP contribution in [0, 0.1) is 0 Å². The van der Waals surface area contributed by atoms with E-state index in [9.17, 15) is 4.79 Å². The number of pyridine rings is 1. The van der Waals surface area contributed by atoms with E-state index in [-0.39, 0.29) is 11.2 Å². The van der Waals surface area contributed by atoms with Crippen LogP contribution in [0.3, 0.4) is 0 Å². The minimum Gasteiger partial charge on any atom is -0.354 e. The van der Waals surface area contributed by atoms with Gasteiger partial charge in [0.05, 0.1) is 17.1 Å². The number of aromatic nitrogens is 1. The third-order valence-electron chi connectivity index (χ3n) is 4.34. The van der Waals surface area contributed by atoms with E-state index in [4.69, 9.17) is 11.6 Å². The number of benzene rings is 1. The normalized spacial score (nSPS) is 16.3. The van der Waals surface area contributed by atoms with Gasteiger partial charge in [0.2, 0.25) is 5.91 Å². The fourth-order valence-electron chi connectivity index (χ4n) is 2.70. The maximum absolute atomic E-state index is 12.4. The van der Waals surface area contributed by atoms with Gasteiger partial charge in [-0.2, -0.15) is 0 Å². The van der Waals surface area contributed by atoms with E-state index in [1.165, 1.54) is 11.8 Å². The zero-order chi connectivity index (χ0) is 18.5. The monoisotopic (exact) mass is 390 g/mol. The molecule has 1 saturated heterocycles. The Morgan fingerprint density at radius 3 is 2.46 bits per heavy atom. The maximum atomic E-state index is 12.4. The first-order chi connectivity index (χ1) is 12.5. The summed E-state index contributed by atoms with van der Waals surface area (Å²) in [4.78, 5) is 22.5. The number of thioether (sulfide) groups is 1. The molecule has 0 bridgehead atoms. The molecule has 1 aliphatic rings. The number of hydrogen-bond donors (Lipinski definition) is 1. The average Bonchev–Trinajstić information content (AvgIpc) is 2.65. The van der Waals surface area contributed by atoms with Gasteiger partial charge in [0.15, 0.2) is 0 Å². The predicted molar refractivity (Wildman–Crippen MR) is 109 cm³/mol. The van der Waals surface area contributed by atoms with Crippen LogP contribution in [-0.2, 0) is 4.79 Å². The number of amides is 1. The van der Waals surface area contributed by atoms with Gasteiger partial charge < -0.3 is 15.1 Å². The molecule has 1 aromatic heterocycles. The Hall–Kier alpha value is -1.76. The van der Waals surface area contributed by atoms with E-state index in [2.05, 4.69) is 27.1 Å². The Bertz CT molecular complexity index is 730. The average molecular weight is 391 g/mol. The van der Waals surface area contributed by atoms with Crippen molar-refractivity contribution in [1.29, 1.82) is 0 Å². The van der Waals surface area contributed by atoms with Gasteiger partial charge in [-0.3, -0.25) is 4.79 Å². The molecule has 1 N–H and O–H groups in total. The fourth-order valence-corrected chi connectivity index (χ4v) is 3.69. The number of carbonyl (C=O) groups is 1. The SMILES string of the molecule is CC(Sc1ccc(Cl)cc1)C(=O)Nc1ccc(N2CCN(C)CC2)nc1. The second kappa shape index (κ2) is 8.75. The van der Waals surface area contributed by atoms with Crippen LogP contribution >= 0.6 is 23.4 Å². The number of anilines is 2.